The molecule has 6 heteroatoms. The number of carbonyl (C=O) groups is 2. The minimum absolute atomic E-state index is 0.0940. The maximum Gasteiger partial charge on any atom is 0.267 e. The van der Waals surface area contributed by atoms with Gasteiger partial charge in [-0.25, -0.2) is 5.01 Å². The first-order valence-corrected chi connectivity index (χ1v) is 9.37. The first-order chi connectivity index (χ1) is 13.5. The molecule has 0 spiro atoms. The van der Waals surface area contributed by atoms with Crippen molar-refractivity contribution in [3.05, 3.63) is 59.2 Å². The van der Waals surface area contributed by atoms with Crippen molar-refractivity contribution in [2.24, 2.45) is 5.10 Å². The van der Waals surface area contributed by atoms with Crippen LogP contribution in [0.25, 0.3) is 0 Å². The summed E-state index contributed by atoms with van der Waals surface area (Å²) < 4.78 is 5.14. The predicted octanol–water partition coefficient (Wildman–Crippen LogP) is 3.15. The standard InChI is InChI=1S/C22H25N3O3/c1-15-4-5-16(2)20(14-15)25-21(26)11-10-19(24-25)22(27)23-13-12-17-6-8-18(28-3)9-7-17/h4-9,14H,10-13H2,1-3H3,(H,23,27). The molecular formula is C22H25N3O3. The Labute approximate surface area is 165 Å². The average molecular weight is 379 g/mol. The number of hydrogen-bond acceptors (Lipinski definition) is 4. The van der Waals surface area contributed by atoms with Gasteiger partial charge < -0.3 is 10.1 Å². The lowest BCUT2D eigenvalue weighted by Gasteiger charge is -2.24. The number of amides is 2. The van der Waals surface area contributed by atoms with Crippen molar-refractivity contribution in [2.45, 2.75) is 33.1 Å². The number of hydrogen-bond donors (Lipinski definition) is 1. The lowest BCUT2D eigenvalue weighted by molar-refractivity contribution is -0.118. The smallest absolute Gasteiger partial charge is 0.267 e. The summed E-state index contributed by atoms with van der Waals surface area (Å²) >= 11 is 0. The SMILES string of the molecule is COc1ccc(CCNC(=O)C2=NN(c3cc(C)ccc3C)C(=O)CC2)cc1. The Bertz CT molecular complexity index is 904. The maximum absolute atomic E-state index is 12.5. The average Bonchev–Trinajstić information content (AvgIpc) is 2.70. The van der Waals surface area contributed by atoms with Gasteiger partial charge in [-0.05, 0) is 55.2 Å². The van der Waals surface area contributed by atoms with E-state index < -0.39 is 0 Å². The number of ether oxygens (including phenoxy) is 1. The highest BCUT2D eigenvalue weighted by Crippen LogP contribution is 2.25. The van der Waals surface area contributed by atoms with Crippen LogP contribution in [0, 0.1) is 13.8 Å². The molecule has 0 aromatic heterocycles. The minimum Gasteiger partial charge on any atom is -0.497 e. The van der Waals surface area contributed by atoms with E-state index in [-0.39, 0.29) is 18.2 Å². The van der Waals surface area contributed by atoms with Gasteiger partial charge in [0.1, 0.15) is 11.5 Å². The second-order valence-electron chi connectivity index (χ2n) is 6.90. The molecule has 1 N–H and O–H groups in total. The Kier molecular flexibility index (Phi) is 6.09. The Morgan fingerprint density at radius 1 is 1.14 bits per heavy atom. The second kappa shape index (κ2) is 8.69. The number of hydrazone groups is 1. The van der Waals surface area contributed by atoms with Crippen LogP contribution < -0.4 is 15.1 Å². The molecule has 0 fully saturated rings. The van der Waals surface area contributed by atoms with Crippen LogP contribution in [0.2, 0.25) is 0 Å². The van der Waals surface area contributed by atoms with Crippen molar-refractivity contribution in [3.8, 4) is 5.75 Å². The number of nitrogens with one attached hydrogen (secondary N) is 1. The number of rotatable bonds is 6. The normalized spacial score (nSPS) is 13.9. The van der Waals surface area contributed by atoms with Gasteiger partial charge in [-0.3, -0.25) is 9.59 Å². The zero-order valence-electron chi connectivity index (χ0n) is 16.5. The van der Waals surface area contributed by atoms with Crippen molar-refractivity contribution in [1.82, 2.24) is 5.32 Å². The van der Waals surface area contributed by atoms with Crippen molar-refractivity contribution in [1.29, 1.82) is 0 Å². The Balaban J connectivity index is 1.65. The Morgan fingerprint density at radius 3 is 2.61 bits per heavy atom. The molecule has 28 heavy (non-hydrogen) atoms. The molecule has 146 valence electrons. The molecule has 1 aliphatic rings. The van der Waals surface area contributed by atoms with E-state index in [2.05, 4.69) is 10.4 Å². The summed E-state index contributed by atoms with van der Waals surface area (Å²) in [6, 6.07) is 13.6. The third-order valence-corrected chi connectivity index (χ3v) is 4.75. The number of benzene rings is 2. The summed E-state index contributed by atoms with van der Waals surface area (Å²) in [4.78, 5) is 24.9. The molecule has 2 aromatic carbocycles. The highest BCUT2D eigenvalue weighted by molar-refractivity contribution is 6.40. The van der Waals surface area contributed by atoms with E-state index in [0.717, 1.165) is 28.1 Å². The van der Waals surface area contributed by atoms with Gasteiger partial charge in [-0.1, -0.05) is 24.3 Å². The van der Waals surface area contributed by atoms with Crippen LogP contribution in [0.3, 0.4) is 0 Å². The first-order valence-electron chi connectivity index (χ1n) is 9.37. The van der Waals surface area contributed by atoms with Crippen LogP contribution in [0.5, 0.6) is 5.75 Å². The molecule has 2 amide bonds. The molecule has 0 bridgehead atoms. The second-order valence-corrected chi connectivity index (χ2v) is 6.90. The van der Waals surface area contributed by atoms with Gasteiger partial charge >= 0.3 is 0 Å². The first kappa shape index (κ1) is 19.6. The predicted molar refractivity (Wildman–Crippen MR) is 110 cm³/mol. The van der Waals surface area contributed by atoms with Gasteiger partial charge in [0.2, 0.25) is 5.91 Å². The lowest BCUT2D eigenvalue weighted by Crippen LogP contribution is -2.39. The summed E-state index contributed by atoms with van der Waals surface area (Å²) in [5.74, 6) is 0.486. The summed E-state index contributed by atoms with van der Waals surface area (Å²) in [6.45, 7) is 4.40. The zero-order chi connectivity index (χ0) is 20.1. The Hall–Kier alpha value is -3.15. The van der Waals surface area contributed by atoms with Gasteiger partial charge in [-0.2, -0.15) is 5.10 Å². The Morgan fingerprint density at radius 2 is 1.89 bits per heavy atom. The maximum atomic E-state index is 12.5. The van der Waals surface area contributed by atoms with E-state index in [4.69, 9.17) is 4.74 Å². The minimum atomic E-state index is -0.226. The van der Waals surface area contributed by atoms with Crippen molar-refractivity contribution < 1.29 is 14.3 Å². The fourth-order valence-electron chi connectivity index (χ4n) is 3.07. The molecule has 0 unspecified atom stereocenters. The van der Waals surface area contributed by atoms with E-state index in [1.165, 1.54) is 5.01 Å². The van der Waals surface area contributed by atoms with Crippen molar-refractivity contribution in [3.63, 3.8) is 0 Å². The number of anilines is 1. The molecule has 6 nitrogen and oxygen atoms in total. The fraction of sp³-hybridized carbons (Fsp3) is 0.318. The van der Waals surface area contributed by atoms with Crippen molar-refractivity contribution in [2.75, 3.05) is 18.7 Å². The van der Waals surface area contributed by atoms with Gasteiger partial charge in [0.25, 0.3) is 5.91 Å². The molecule has 3 rings (SSSR count). The summed E-state index contributed by atoms with van der Waals surface area (Å²) in [5, 5.41) is 8.62. The van der Waals surface area contributed by atoms with Crippen LogP contribution >= 0.6 is 0 Å². The van der Waals surface area contributed by atoms with Gasteiger partial charge in [0.05, 0.1) is 12.8 Å². The largest absolute Gasteiger partial charge is 0.497 e. The van der Waals surface area contributed by atoms with E-state index in [1.54, 1.807) is 7.11 Å². The highest BCUT2D eigenvalue weighted by atomic mass is 16.5. The third-order valence-electron chi connectivity index (χ3n) is 4.75. The third kappa shape index (κ3) is 4.57. The number of nitrogens with zero attached hydrogens (tertiary/aromatic N) is 2. The van der Waals surface area contributed by atoms with Crippen LogP contribution in [-0.4, -0.2) is 31.2 Å². The molecule has 0 atom stereocenters. The highest BCUT2D eigenvalue weighted by Gasteiger charge is 2.26. The van der Waals surface area contributed by atoms with Gasteiger partial charge in [0, 0.05) is 19.4 Å². The van der Waals surface area contributed by atoms with Crippen LogP contribution in [0.15, 0.2) is 47.6 Å². The summed E-state index contributed by atoms with van der Waals surface area (Å²) in [5.41, 5.74) is 4.21. The summed E-state index contributed by atoms with van der Waals surface area (Å²) in [6.07, 6.45) is 1.34. The van der Waals surface area contributed by atoms with Crippen LogP contribution in [0.1, 0.15) is 29.5 Å². The molecule has 1 aliphatic heterocycles. The van der Waals surface area contributed by atoms with Gasteiger partial charge in [0.15, 0.2) is 0 Å². The quantitative estimate of drug-likeness (QED) is 0.838. The van der Waals surface area contributed by atoms with E-state index in [9.17, 15) is 9.59 Å². The zero-order valence-corrected chi connectivity index (χ0v) is 16.5. The molecule has 0 saturated heterocycles. The number of methoxy groups -OCH3 is 1. The molecular weight excluding hydrogens is 354 g/mol. The number of carbonyl (C=O) groups excluding carboxylic acids is 2. The molecule has 0 aliphatic carbocycles. The van der Waals surface area contributed by atoms with Crippen LogP contribution in [0.4, 0.5) is 5.69 Å². The topological polar surface area (TPSA) is 71.0 Å². The summed E-state index contributed by atoms with van der Waals surface area (Å²) in [7, 11) is 1.63. The van der Waals surface area contributed by atoms with Crippen molar-refractivity contribution >= 4 is 23.2 Å². The molecule has 1 heterocycles. The monoisotopic (exact) mass is 379 g/mol. The van der Waals surface area contributed by atoms with E-state index in [1.807, 2.05) is 56.3 Å². The van der Waals surface area contributed by atoms with Crippen LogP contribution in [-0.2, 0) is 16.0 Å². The molecule has 0 saturated carbocycles. The molecule has 0 radical (unpaired) electrons. The fourth-order valence-corrected chi connectivity index (χ4v) is 3.07. The van der Waals surface area contributed by atoms with Gasteiger partial charge in [-0.15, -0.1) is 0 Å². The van der Waals surface area contributed by atoms with E-state index >= 15 is 0 Å². The lowest BCUT2D eigenvalue weighted by atomic mass is 10.1. The van der Waals surface area contributed by atoms with E-state index in [0.29, 0.717) is 25.1 Å². The number of aryl methyl sites for hydroxylation is 2. The molecule has 2 aromatic rings.